The summed E-state index contributed by atoms with van der Waals surface area (Å²) in [5, 5.41) is 2.60. The molecule has 0 fully saturated rings. The lowest BCUT2D eigenvalue weighted by Crippen LogP contribution is -2.26. The van der Waals surface area contributed by atoms with Gasteiger partial charge in [-0.05, 0) is 110 Å². The molecule has 1 nitrogen and oxygen atoms in total. The normalized spacial score (nSPS) is 14.5. The highest BCUT2D eigenvalue weighted by molar-refractivity contribution is 7.26. The van der Waals surface area contributed by atoms with Crippen molar-refractivity contribution in [3.05, 3.63) is 245 Å². The van der Waals surface area contributed by atoms with E-state index in [0.717, 1.165) is 11.4 Å². The number of thiophene rings is 1. The molecular weight excluding hydrogens is 731 g/mol. The lowest BCUT2D eigenvalue weighted by Gasteiger charge is -2.33. The standard InChI is InChI=1S/C57H37NS/c1-56(45-26-11-5-20-38(45)39-21-6-12-27-46(39)56)51-35-37(34-44-42-24-10-16-33-53(42)59-55(44)51)58(36-18-3-2-4-19-36)52-32-17-31-50-54(52)43-25-9-15-30-49(43)57(50)47-28-13-7-22-40(47)41-23-8-14-29-48(41)57/h2-35H,1H3. The summed E-state index contributed by atoms with van der Waals surface area (Å²) in [6, 6.07) is 77.5. The van der Waals surface area contributed by atoms with Gasteiger partial charge in [-0.2, -0.15) is 0 Å². The van der Waals surface area contributed by atoms with Crippen molar-refractivity contribution < 1.29 is 0 Å². The third kappa shape index (κ3) is 4.19. The van der Waals surface area contributed by atoms with Gasteiger partial charge in [0.2, 0.25) is 0 Å². The van der Waals surface area contributed by atoms with E-state index in [1.807, 2.05) is 11.3 Å². The molecule has 0 aliphatic heterocycles. The van der Waals surface area contributed by atoms with Crippen LogP contribution in [0, 0.1) is 0 Å². The molecule has 1 spiro atoms. The summed E-state index contributed by atoms with van der Waals surface area (Å²) >= 11 is 1.93. The molecule has 0 saturated carbocycles. The molecule has 10 aromatic rings. The van der Waals surface area contributed by atoms with E-state index >= 15 is 0 Å². The molecule has 0 bridgehead atoms. The minimum Gasteiger partial charge on any atom is -0.310 e. The number of para-hydroxylation sites is 1. The van der Waals surface area contributed by atoms with Crippen molar-refractivity contribution in [2.75, 3.05) is 4.90 Å². The van der Waals surface area contributed by atoms with Gasteiger partial charge >= 0.3 is 0 Å². The van der Waals surface area contributed by atoms with Crippen molar-refractivity contribution in [2.24, 2.45) is 0 Å². The highest BCUT2D eigenvalue weighted by Gasteiger charge is 2.52. The molecule has 2 heteroatoms. The highest BCUT2D eigenvalue weighted by Crippen LogP contribution is 2.65. The van der Waals surface area contributed by atoms with E-state index in [1.54, 1.807) is 0 Å². The maximum absolute atomic E-state index is 2.55. The second-order valence-electron chi connectivity index (χ2n) is 16.4. The Morgan fingerprint density at radius 1 is 0.373 bits per heavy atom. The molecule has 13 rings (SSSR count). The van der Waals surface area contributed by atoms with Gasteiger partial charge in [-0.25, -0.2) is 0 Å². The van der Waals surface area contributed by atoms with E-state index in [4.69, 9.17) is 0 Å². The maximum atomic E-state index is 2.55. The zero-order valence-electron chi connectivity index (χ0n) is 32.5. The lowest BCUT2D eigenvalue weighted by atomic mass is 9.70. The summed E-state index contributed by atoms with van der Waals surface area (Å²) in [4.78, 5) is 2.55. The van der Waals surface area contributed by atoms with Gasteiger partial charge in [-0.15, -0.1) is 11.3 Å². The Bertz CT molecular complexity index is 3280. The van der Waals surface area contributed by atoms with Crippen LogP contribution in [0.3, 0.4) is 0 Å². The fourth-order valence-electron chi connectivity index (χ4n) is 11.4. The second-order valence-corrected chi connectivity index (χ2v) is 17.5. The maximum Gasteiger partial charge on any atom is 0.0726 e. The molecule has 59 heavy (non-hydrogen) atoms. The van der Waals surface area contributed by atoms with Crippen molar-refractivity contribution in [2.45, 2.75) is 17.8 Å². The number of benzene rings is 9. The predicted octanol–water partition coefficient (Wildman–Crippen LogP) is 15.2. The quantitative estimate of drug-likeness (QED) is 0.172. The van der Waals surface area contributed by atoms with Gasteiger partial charge in [0.25, 0.3) is 0 Å². The van der Waals surface area contributed by atoms with E-state index in [-0.39, 0.29) is 5.41 Å². The first kappa shape index (κ1) is 33.0. The summed E-state index contributed by atoms with van der Waals surface area (Å²) in [6.45, 7) is 2.46. The van der Waals surface area contributed by atoms with E-state index in [0.29, 0.717) is 0 Å². The summed E-state index contributed by atoms with van der Waals surface area (Å²) in [5.41, 5.74) is 20.0. The SMILES string of the molecule is CC1(c2cc(N(c3ccccc3)c3cccc4c3-c3ccccc3C43c4ccccc4-c4ccccc43)cc3c2sc2ccccc23)c2ccccc2-c2ccccc21. The van der Waals surface area contributed by atoms with Crippen molar-refractivity contribution in [3.8, 4) is 33.4 Å². The monoisotopic (exact) mass is 767 g/mol. The first-order valence-corrected chi connectivity index (χ1v) is 21.4. The van der Waals surface area contributed by atoms with Gasteiger partial charge < -0.3 is 4.90 Å². The molecule has 0 unspecified atom stereocenters. The highest BCUT2D eigenvalue weighted by atomic mass is 32.1. The van der Waals surface area contributed by atoms with E-state index in [9.17, 15) is 0 Å². The van der Waals surface area contributed by atoms with Crippen LogP contribution in [0.25, 0.3) is 53.6 Å². The van der Waals surface area contributed by atoms with Gasteiger partial charge in [0, 0.05) is 42.5 Å². The van der Waals surface area contributed by atoms with Gasteiger partial charge in [-0.3, -0.25) is 0 Å². The Hall–Kier alpha value is -7.00. The van der Waals surface area contributed by atoms with Crippen LogP contribution in [0.1, 0.15) is 45.9 Å². The summed E-state index contributed by atoms with van der Waals surface area (Å²) in [5.74, 6) is 0. The van der Waals surface area contributed by atoms with Crippen molar-refractivity contribution >= 4 is 48.6 Å². The van der Waals surface area contributed by atoms with Crippen LogP contribution in [0.4, 0.5) is 17.1 Å². The molecule has 0 N–H and O–H groups in total. The fraction of sp³-hybridized carbons (Fsp3) is 0.0526. The average Bonchev–Trinajstić information content (AvgIpc) is 4.00. The summed E-state index contributed by atoms with van der Waals surface area (Å²) in [6.07, 6.45) is 0. The van der Waals surface area contributed by atoms with Crippen LogP contribution in [-0.2, 0) is 10.8 Å². The second kappa shape index (κ2) is 12.0. The topological polar surface area (TPSA) is 3.24 Å². The van der Waals surface area contributed by atoms with Gasteiger partial charge in [-0.1, -0.05) is 170 Å². The molecular formula is C57H37NS. The third-order valence-electron chi connectivity index (χ3n) is 13.7. The van der Waals surface area contributed by atoms with Crippen LogP contribution < -0.4 is 4.90 Å². The number of nitrogens with zero attached hydrogens (tertiary/aromatic N) is 1. The van der Waals surface area contributed by atoms with Crippen LogP contribution in [0.5, 0.6) is 0 Å². The van der Waals surface area contributed by atoms with E-state index in [1.165, 1.54) is 98.2 Å². The van der Waals surface area contributed by atoms with Gasteiger partial charge in [0.15, 0.2) is 0 Å². The van der Waals surface area contributed by atoms with Gasteiger partial charge in [0.1, 0.15) is 0 Å². The number of rotatable bonds is 4. The Morgan fingerprint density at radius 3 is 1.51 bits per heavy atom. The molecule has 1 aromatic heterocycles. The molecule has 0 saturated heterocycles. The third-order valence-corrected chi connectivity index (χ3v) is 15.0. The Labute approximate surface area is 348 Å². The first-order valence-electron chi connectivity index (χ1n) is 20.6. The smallest absolute Gasteiger partial charge is 0.0726 e. The number of hydrogen-bond donors (Lipinski definition) is 0. The molecule has 276 valence electrons. The largest absolute Gasteiger partial charge is 0.310 e. The molecule has 0 amide bonds. The van der Waals surface area contributed by atoms with Gasteiger partial charge in [0.05, 0.1) is 11.1 Å². The van der Waals surface area contributed by atoms with Crippen molar-refractivity contribution in [3.63, 3.8) is 0 Å². The van der Waals surface area contributed by atoms with Crippen molar-refractivity contribution in [1.82, 2.24) is 0 Å². The summed E-state index contributed by atoms with van der Waals surface area (Å²) in [7, 11) is 0. The zero-order valence-corrected chi connectivity index (χ0v) is 33.3. The molecule has 1 heterocycles. The molecule has 3 aliphatic rings. The lowest BCUT2D eigenvalue weighted by molar-refractivity contribution is 0.722. The number of anilines is 3. The molecule has 0 radical (unpaired) electrons. The predicted molar refractivity (Wildman–Crippen MR) is 248 cm³/mol. The Kier molecular flexibility index (Phi) is 6.73. The van der Waals surface area contributed by atoms with Crippen LogP contribution in [0.15, 0.2) is 206 Å². The first-order chi connectivity index (χ1) is 29.2. The van der Waals surface area contributed by atoms with E-state index < -0.39 is 5.41 Å². The number of hydrogen-bond acceptors (Lipinski definition) is 2. The Balaban J connectivity index is 1.14. The minimum absolute atomic E-state index is 0.378. The number of fused-ring (bicyclic) bond motifs is 16. The minimum atomic E-state index is -0.430. The zero-order chi connectivity index (χ0) is 38.9. The molecule has 3 aliphatic carbocycles. The van der Waals surface area contributed by atoms with Crippen LogP contribution in [-0.4, -0.2) is 0 Å². The molecule has 9 aromatic carbocycles. The Morgan fingerprint density at radius 2 is 0.864 bits per heavy atom. The van der Waals surface area contributed by atoms with E-state index in [2.05, 4.69) is 218 Å². The average molecular weight is 768 g/mol. The summed E-state index contributed by atoms with van der Waals surface area (Å²) < 4.78 is 2.66. The van der Waals surface area contributed by atoms with Crippen LogP contribution in [0.2, 0.25) is 0 Å². The van der Waals surface area contributed by atoms with Crippen molar-refractivity contribution in [1.29, 1.82) is 0 Å². The fourth-order valence-corrected chi connectivity index (χ4v) is 12.7. The molecule has 0 atom stereocenters. The van der Waals surface area contributed by atoms with Crippen LogP contribution >= 0.6 is 11.3 Å².